The molecule has 1 amide bonds. The third kappa shape index (κ3) is 3.40. The van der Waals surface area contributed by atoms with Gasteiger partial charge < -0.3 is 5.32 Å². The maximum atomic E-state index is 12.1. The lowest BCUT2D eigenvalue weighted by Crippen LogP contribution is -2.35. The van der Waals surface area contributed by atoms with Crippen LogP contribution in [0.1, 0.15) is 24.0 Å². The molecule has 0 fully saturated rings. The van der Waals surface area contributed by atoms with Crippen LogP contribution in [0.2, 0.25) is 0 Å². The van der Waals surface area contributed by atoms with Crippen molar-refractivity contribution in [2.75, 3.05) is 6.54 Å². The van der Waals surface area contributed by atoms with E-state index in [1.165, 1.54) is 0 Å². The van der Waals surface area contributed by atoms with E-state index in [0.717, 1.165) is 11.1 Å². The second kappa shape index (κ2) is 7.11. The molecule has 0 saturated carbocycles. The Morgan fingerprint density at radius 2 is 1.45 bits per heavy atom. The number of halogens is 1. The summed E-state index contributed by atoms with van der Waals surface area (Å²) in [5.41, 5.74) is 2.09. The summed E-state index contributed by atoms with van der Waals surface area (Å²) in [6, 6.07) is 19.8. The van der Waals surface area contributed by atoms with E-state index in [-0.39, 0.29) is 11.8 Å². The molecular formula is C17H18ClNO. The number of hydrogen-bond acceptors (Lipinski definition) is 1. The van der Waals surface area contributed by atoms with E-state index in [1.807, 2.05) is 67.6 Å². The molecule has 2 rings (SSSR count). The number of carbonyl (C=O) groups excluding carboxylic acids is 1. The normalized spacial score (nSPS) is 12.2. The maximum Gasteiger partial charge on any atom is 0.239 e. The Morgan fingerprint density at radius 3 is 1.85 bits per heavy atom. The molecule has 0 bridgehead atoms. The van der Waals surface area contributed by atoms with E-state index in [2.05, 4.69) is 5.32 Å². The predicted molar refractivity (Wildman–Crippen MR) is 83.1 cm³/mol. The highest BCUT2D eigenvalue weighted by Crippen LogP contribution is 2.31. The first kappa shape index (κ1) is 14.6. The lowest BCUT2D eigenvalue weighted by Gasteiger charge is -2.22. The van der Waals surface area contributed by atoms with Crippen LogP contribution in [0.4, 0.5) is 0 Å². The van der Waals surface area contributed by atoms with Gasteiger partial charge in [-0.25, -0.2) is 0 Å². The Hall–Kier alpha value is -1.80. The fourth-order valence-electron chi connectivity index (χ4n) is 2.27. The van der Waals surface area contributed by atoms with Crippen molar-refractivity contribution in [3.63, 3.8) is 0 Å². The third-order valence-electron chi connectivity index (χ3n) is 3.21. The summed E-state index contributed by atoms with van der Waals surface area (Å²) in [7, 11) is 0. The molecule has 0 radical (unpaired) electrons. The van der Waals surface area contributed by atoms with Crippen molar-refractivity contribution in [3.8, 4) is 0 Å². The summed E-state index contributed by atoms with van der Waals surface area (Å²) >= 11 is 6.43. The largest absolute Gasteiger partial charge is 0.355 e. The molecule has 0 aliphatic heterocycles. The van der Waals surface area contributed by atoms with Gasteiger partial charge in [-0.05, 0) is 18.1 Å². The van der Waals surface area contributed by atoms with Crippen LogP contribution >= 0.6 is 11.6 Å². The zero-order chi connectivity index (χ0) is 14.4. The average molecular weight is 288 g/mol. The van der Waals surface area contributed by atoms with Gasteiger partial charge in [-0.2, -0.15) is 0 Å². The van der Waals surface area contributed by atoms with Gasteiger partial charge in [-0.15, -0.1) is 11.6 Å². The zero-order valence-corrected chi connectivity index (χ0v) is 12.2. The van der Waals surface area contributed by atoms with E-state index in [9.17, 15) is 4.79 Å². The van der Waals surface area contributed by atoms with Crippen molar-refractivity contribution in [2.24, 2.45) is 0 Å². The van der Waals surface area contributed by atoms with Crippen LogP contribution in [-0.4, -0.2) is 17.8 Å². The summed E-state index contributed by atoms with van der Waals surface area (Å²) in [6.07, 6.45) is 0. The molecule has 104 valence electrons. The number of benzene rings is 2. The monoisotopic (exact) mass is 287 g/mol. The first-order valence-corrected chi connectivity index (χ1v) is 7.19. The van der Waals surface area contributed by atoms with Crippen LogP contribution in [0.3, 0.4) is 0 Å². The van der Waals surface area contributed by atoms with Crippen molar-refractivity contribution < 1.29 is 4.79 Å². The molecule has 1 N–H and O–H groups in total. The summed E-state index contributed by atoms with van der Waals surface area (Å²) in [5.74, 6) is -0.280. The van der Waals surface area contributed by atoms with E-state index in [0.29, 0.717) is 6.54 Å². The minimum atomic E-state index is -0.625. The number of amides is 1. The predicted octanol–water partition coefficient (Wildman–Crippen LogP) is 3.56. The van der Waals surface area contributed by atoms with Crippen LogP contribution < -0.4 is 5.32 Å². The van der Waals surface area contributed by atoms with Crippen LogP contribution in [-0.2, 0) is 4.79 Å². The number of rotatable bonds is 5. The number of hydrogen-bond donors (Lipinski definition) is 1. The quantitative estimate of drug-likeness (QED) is 0.837. The minimum absolute atomic E-state index is 0.133. The first-order chi connectivity index (χ1) is 9.74. The van der Waals surface area contributed by atoms with E-state index in [4.69, 9.17) is 11.6 Å². The van der Waals surface area contributed by atoms with Crippen LogP contribution in [0.25, 0.3) is 0 Å². The van der Waals surface area contributed by atoms with Crippen molar-refractivity contribution >= 4 is 17.5 Å². The fourth-order valence-corrected chi connectivity index (χ4v) is 2.64. The smallest absolute Gasteiger partial charge is 0.239 e. The van der Waals surface area contributed by atoms with Gasteiger partial charge in [0.05, 0.1) is 0 Å². The Kier molecular flexibility index (Phi) is 5.19. The maximum absolute atomic E-state index is 12.1. The molecular weight excluding hydrogens is 270 g/mol. The molecule has 1 atom stereocenters. The lowest BCUT2D eigenvalue weighted by molar-refractivity contribution is -0.120. The van der Waals surface area contributed by atoms with Crippen molar-refractivity contribution in [1.29, 1.82) is 0 Å². The molecule has 0 aromatic heterocycles. The first-order valence-electron chi connectivity index (χ1n) is 6.75. The molecule has 2 nitrogen and oxygen atoms in total. The Morgan fingerprint density at radius 1 is 1.00 bits per heavy atom. The highest BCUT2D eigenvalue weighted by Gasteiger charge is 2.28. The SMILES string of the molecule is CCNC(=O)C(Cl)C(c1ccccc1)c1ccccc1. The second-order valence-electron chi connectivity index (χ2n) is 4.60. The zero-order valence-electron chi connectivity index (χ0n) is 11.4. The highest BCUT2D eigenvalue weighted by atomic mass is 35.5. The van der Waals surface area contributed by atoms with E-state index < -0.39 is 5.38 Å². The van der Waals surface area contributed by atoms with Gasteiger partial charge in [0.1, 0.15) is 5.38 Å². The van der Waals surface area contributed by atoms with E-state index in [1.54, 1.807) is 0 Å². The van der Waals surface area contributed by atoms with Gasteiger partial charge in [0.15, 0.2) is 0 Å². The number of alkyl halides is 1. The molecule has 3 heteroatoms. The van der Waals surface area contributed by atoms with Crippen molar-refractivity contribution in [1.82, 2.24) is 5.32 Å². The average Bonchev–Trinajstić information content (AvgIpc) is 2.50. The molecule has 0 aliphatic carbocycles. The van der Waals surface area contributed by atoms with E-state index >= 15 is 0 Å². The van der Waals surface area contributed by atoms with Gasteiger partial charge >= 0.3 is 0 Å². The molecule has 20 heavy (non-hydrogen) atoms. The minimum Gasteiger partial charge on any atom is -0.355 e. The van der Waals surface area contributed by atoms with Gasteiger partial charge in [-0.3, -0.25) is 4.79 Å². The number of carbonyl (C=O) groups is 1. The van der Waals surface area contributed by atoms with Gasteiger partial charge in [0, 0.05) is 12.5 Å². The summed E-state index contributed by atoms with van der Waals surface area (Å²) in [5, 5.41) is 2.17. The van der Waals surface area contributed by atoms with Gasteiger partial charge in [0.25, 0.3) is 0 Å². The topological polar surface area (TPSA) is 29.1 Å². The lowest BCUT2D eigenvalue weighted by atomic mass is 9.88. The Balaban J connectivity index is 2.37. The third-order valence-corrected chi connectivity index (χ3v) is 3.66. The Bertz CT molecular complexity index is 502. The van der Waals surface area contributed by atoms with Gasteiger partial charge in [0.2, 0.25) is 5.91 Å². The molecule has 2 aromatic rings. The Labute approximate surface area is 124 Å². The molecule has 0 aliphatic rings. The van der Waals surface area contributed by atoms with Crippen molar-refractivity contribution in [2.45, 2.75) is 18.2 Å². The molecule has 0 heterocycles. The molecule has 2 aromatic carbocycles. The van der Waals surface area contributed by atoms with Gasteiger partial charge in [-0.1, -0.05) is 60.7 Å². The summed E-state index contributed by atoms with van der Waals surface area (Å²) in [4.78, 5) is 12.1. The fraction of sp³-hybridized carbons (Fsp3) is 0.235. The second-order valence-corrected chi connectivity index (χ2v) is 5.07. The van der Waals surface area contributed by atoms with Crippen LogP contribution in [0.5, 0.6) is 0 Å². The standard InChI is InChI=1S/C17H18ClNO/c1-2-19-17(20)16(18)15(13-9-5-3-6-10-13)14-11-7-4-8-12-14/h3-12,15-16H,2H2,1H3,(H,19,20). The highest BCUT2D eigenvalue weighted by molar-refractivity contribution is 6.31. The van der Waals surface area contributed by atoms with Crippen LogP contribution in [0, 0.1) is 0 Å². The van der Waals surface area contributed by atoms with Crippen LogP contribution in [0.15, 0.2) is 60.7 Å². The molecule has 0 saturated heterocycles. The molecule has 0 spiro atoms. The number of nitrogens with one attached hydrogen (secondary N) is 1. The summed E-state index contributed by atoms with van der Waals surface area (Å²) in [6.45, 7) is 2.47. The van der Waals surface area contributed by atoms with Crippen molar-refractivity contribution in [3.05, 3.63) is 71.8 Å². The molecule has 1 unspecified atom stereocenters. The summed E-state index contributed by atoms with van der Waals surface area (Å²) < 4.78 is 0.